The summed E-state index contributed by atoms with van der Waals surface area (Å²) in [5, 5.41) is 1.70. The lowest BCUT2D eigenvalue weighted by Gasteiger charge is -2.20. The standard InChI is InChI=1S/C21H20Cl3N3O/c1-3-19-20(24)21(26-13-25-19)27(2)9-8-14-4-6-17(7-5-14)28-18-11-15(22)10-16(23)12-18/h4-7,10-13H,3,8-9H2,1-2H3. The van der Waals surface area contributed by atoms with Gasteiger partial charge in [0.2, 0.25) is 0 Å². The van der Waals surface area contributed by atoms with Gasteiger partial charge in [-0.15, -0.1) is 0 Å². The van der Waals surface area contributed by atoms with Crippen LogP contribution >= 0.6 is 34.8 Å². The van der Waals surface area contributed by atoms with Crippen molar-refractivity contribution in [2.75, 3.05) is 18.5 Å². The summed E-state index contributed by atoms with van der Waals surface area (Å²) in [6.45, 7) is 2.81. The molecule has 0 unspecified atom stereocenters. The maximum absolute atomic E-state index is 6.40. The van der Waals surface area contributed by atoms with Crippen LogP contribution in [0.15, 0.2) is 48.8 Å². The van der Waals surface area contributed by atoms with Gasteiger partial charge in [-0.05, 0) is 48.7 Å². The summed E-state index contributed by atoms with van der Waals surface area (Å²) in [5.74, 6) is 2.09. The summed E-state index contributed by atoms with van der Waals surface area (Å²) in [4.78, 5) is 10.6. The number of nitrogens with zero attached hydrogens (tertiary/aromatic N) is 3. The fourth-order valence-corrected chi connectivity index (χ4v) is 3.64. The van der Waals surface area contributed by atoms with E-state index in [1.54, 1.807) is 24.5 Å². The van der Waals surface area contributed by atoms with Gasteiger partial charge in [-0.2, -0.15) is 0 Å². The fraction of sp³-hybridized carbons (Fsp3) is 0.238. The van der Waals surface area contributed by atoms with E-state index in [-0.39, 0.29) is 0 Å². The van der Waals surface area contributed by atoms with Crippen molar-refractivity contribution in [1.82, 2.24) is 9.97 Å². The number of benzene rings is 2. The van der Waals surface area contributed by atoms with Gasteiger partial charge in [0.15, 0.2) is 5.82 Å². The zero-order valence-electron chi connectivity index (χ0n) is 15.6. The van der Waals surface area contributed by atoms with Gasteiger partial charge in [0.25, 0.3) is 0 Å². The molecular weight excluding hydrogens is 417 g/mol. The Kier molecular flexibility index (Phi) is 7.00. The molecule has 3 aromatic rings. The summed E-state index contributed by atoms with van der Waals surface area (Å²) in [6, 6.07) is 13.1. The Morgan fingerprint density at radius 2 is 1.61 bits per heavy atom. The Bertz CT molecular complexity index is 928. The van der Waals surface area contributed by atoms with Crippen LogP contribution in [0.4, 0.5) is 5.82 Å². The third-order valence-corrected chi connectivity index (χ3v) is 5.09. The molecule has 28 heavy (non-hydrogen) atoms. The van der Waals surface area contributed by atoms with E-state index < -0.39 is 0 Å². The number of hydrogen-bond donors (Lipinski definition) is 0. The molecule has 0 N–H and O–H groups in total. The van der Waals surface area contributed by atoms with Crippen molar-refractivity contribution in [3.63, 3.8) is 0 Å². The van der Waals surface area contributed by atoms with Crippen LogP contribution in [0.25, 0.3) is 0 Å². The second-order valence-electron chi connectivity index (χ2n) is 6.33. The molecule has 0 saturated heterocycles. The number of aryl methyl sites for hydroxylation is 1. The van der Waals surface area contributed by atoms with Crippen LogP contribution in [-0.2, 0) is 12.8 Å². The molecule has 0 aliphatic rings. The van der Waals surface area contributed by atoms with E-state index in [0.717, 1.165) is 36.6 Å². The molecule has 0 aliphatic heterocycles. The van der Waals surface area contributed by atoms with Crippen molar-refractivity contribution in [2.45, 2.75) is 19.8 Å². The molecule has 0 amide bonds. The first kappa shape index (κ1) is 20.7. The molecule has 0 saturated carbocycles. The number of likely N-dealkylation sites (N-methyl/N-ethyl adjacent to an activating group) is 1. The van der Waals surface area contributed by atoms with E-state index in [4.69, 9.17) is 39.5 Å². The van der Waals surface area contributed by atoms with Gasteiger partial charge < -0.3 is 9.64 Å². The highest BCUT2D eigenvalue weighted by Gasteiger charge is 2.12. The summed E-state index contributed by atoms with van der Waals surface area (Å²) in [7, 11) is 1.98. The first-order valence-electron chi connectivity index (χ1n) is 8.89. The molecule has 0 spiro atoms. The number of aromatic nitrogens is 2. The van der Waals surface area contributed by atoms with E-state index in [1.807, 2.05) is 43.1 Å². The van der Waals surface area contributed by atoms with E-state index in [0.29, 0.717) is 20.8 Å². The van der Waals surface area contributed by atoms with Crippen LogP contribution in [0, 0.1) is 0 Å². The number of hydrogen-bond acceptors (Lipinski definition) is 4. The minimum atomic E-state index is 0.539. The number of rotatable bonds is 7. The third kappa shape index (κ3) is 5.28. The fourth-order valence-electron chi connectivity index (χ4n) is 2.76. The number of anilines is 1. The van der Waals surface area contributed by atoms with Crippen molar-refractivity contribution < 1.29 is 4.74 Å². The van der Waals surface area contributed by atoms with Crippen molar-refractivity contribution in [2.24, 2.45) is 0 Å². The Morgan fingerprint density at radius 3 is 2.25 bits per heavy atom. The molecule has 1 heterocycles. The minimum Gasteiger partial charge on any atom is -0.457 e. The normalized spacial score (nSPS) is 10.8. The average molecular weight is 437 g/mol. The van der Waals surface area contributed by atoms with Crippen LogP contribution in [0.2, 0.25) is 15.1 Å². The maximum Gasteiger partial charge on any atom is 0.150 e. The Balaban J connectivity index is 1.61. The number of ether oxygens (including phenoxy) is 1. The predicted molar refractivity (Wildman–Crippen MR) is 116 cm³/mol. The largest absolute Gasteiger partial charge is 0.457 e. The molecule has 0 atom stereocenters. The highest BCUT2D eigenvalue weighted by molar-refractivity contribution is 6.34. The van der Waals surface area contributed by atoms with Gasteiger partial charge in [0, 0.05) is 23.6 Å². The molecule has 1 aromatic heterocycles. The average Bonchev–Trinajstić information content (AvgIpc) is 2.66. The SMILES string of the molecule is CCc1ncnc(N(C)CCc2ccc(Oc3cc(Cl)cc(Cl)c3)cc2)c1Cl. The van der Waals surface area contributed by atoms with Gasteiger partial charge in [-0.1, -0.05) is 53.9 Å². The zero-order chi connectivity index (χ0) is 20.1. The van der Waals surface area contributed by atoms with Crippen LogP contribution in [0.5, 0.6) is 11.5 Å². The first-order chi connectivity index (χ1) is 13.5. The lowest BCUT2D eigenvalue weighted by molar-refractivity contribution is 0.482. The van der Waals surface area contributed by atoms with Crippen molar-refractivity contribution >= 4 is 40.6 Å². The zero-order valence-corrected chi connectivity index (χ0v) is 17.9. The van der Waals surface area contributed by atoms with Crippen molar-refractivity contribution in [3.8, 4) is 11.5 Å². The molecule has 0 radical (unpaired) electrons. The topological polar surface area (TPSA) is 38.2 Å². The van der Waals surface area contributed by atoms with Gasteiger partial charge in [-0.3, -0.25) is 0 Å². The summed E-state index contributed by atoms with van der Waals surface area (Å²) in [6.07, 6.45) is 3.19. The van der Waals surface area contributed by atoms with Crippen LogP contribution in [0.1, 0.15) is 18.2 Å². The van der Waals surface area contributed by atoms with Crippen molar-refractivity contribution in [1.29, 1.82) is 0 Å². The van der Waals surface area contributed by atoms with E-state index >= 15 is 0 Å². The second kappa shape index (κ2) is 9.46. The molecule has 4 nitrogen and oxygen atoms in total. The maximum atomic E-state index is 6.40. The minimum absolute atomic E-state index is 0.539. The predicted octanol–water partition coefficient (Wildman–Crippen LogP) is 6.47. The smallest absolute Gasteiger partial charge is 0.150 e. The van der Waals surface area contributed by atoms with Gasteiger partial charge >= 0.3 is 0 Å². The highest BCUT2D eigenvalue weighted by atomic mass is 35.5. The molecule has 7 heteroatoms. The van der Waals surface area contributed by atoms with E-state index in [1.165, 1.54) is 5.56 Å². The summed E-state index contributed by atoms with van der Waals surface area (Å²) >= 11 is 18.4. The summed E-state index contributed by atoms with van der Waals surface area (Å²) in [5.41, 5.74) is 2.05. The quantitative estimate of drug-likeness (QED) is 0.425. The van der Waals surface area contributed by atoms with E-state index in [2.05, 4.69) is 9.97 Å². The van der Waals surface area contributed by atoms with Crippen molar-refractivity contribution in [3.05, 3.63) is 75.1 Å². The molecular formula is C21H20Cl3N3O. The monoisotopic (exact) mass is 435 g/mol. The molecule has 0 bridgehead atoms. The van der Waals surface area contributed by atoms with Crippen LogP contribution in [-0.4, -0.2) is 23.6 Å². The molecule has 0 aliphatic carbocycles. The van der Waals surface area contributed by atoms with Gasteiger partial charge in [-0.25, -0.2) is 9.97 Å². The molecule has 2 aromatic carbocycles. The van der Waals surface area contributed by atoms with Gasteiger partial charge in [0.05, 0.1) is 5.69 Å². The van der Waals surface area contributed by atoms with Crippen LogP contribution in [0.3, 0.4) is 0 Å². The third-order valence-electron chi connectivity index (χ3n) is 4.27. The summed E-state index contributed by atoms with van der Waals surface area (Å²) < 4.78 is 5.82. The molecule has 146 valence electrons. The van der Waals surface area contributed by atoms with Crippen LogP contribution < -0.4 is 9.64 Å². The molecule has 0 fully saturated rings. The first-order valence-corrected chi connectivity index (χ1v) is 10.0. The Hall–Kier alpha value is -2.01. The Labute approximate surface area is 180 Å². The van der Waals surface area contributed by atoms with E-state index in [9.17, 15) is 0 Å². The lowest BCUT2D eigenvalue weighted by Crippen LogP contribution is -2.22. The van der Waals surface area contributed by atoms with Gasteiger partial charge in [0.1, 0.15) is 22.8 Å². The molecule has 3 rings (SSSR count). The second-order valence-corrected chi connectivity index (χ2v) is 7.59. The lowest BCUT2D eigenvalue weighted by atomic mass is 10.1. The highest BCUT2D eigenvalue weighted by Crippen LogP contribution is 2.29. The Morgan fingerprint density at radius 1 is 0.929 bits per heavy atom. The number of halogens is 3.